The molecule has 0 bridgehead atoms. The molecule has 1 fully saturated rings. The highest BCUT2D eigenvalue weighted by Crippen LogP contribution is 2.30. The molecule has 10 heteroatoms. The molecule has 0 unspecified atom stereocenters. The normalized spacial score (nSPS) is 16.9. The number of carbonyl (C=O) groups excluding carboxylic acids is 1. The summed E-state index contributed by atoms with van der Waals surface area (Å²) in [5.74, 6) is -2.67. The van der Waals surface area contributed by atoms with E-state index in [1.54, 1.807) is 13.0 Å². The molecule has 1 aliphatic heterocycles. The molecule has 0 radical (unpaired) electrons. The van der Waals surface area contributed by atoms with E-state index < -0.39 is 33.5 Å². The Morgan fingerprint density at radius 2 is 1.81 bits per heavy atom. The van der Waals surface area contributed by atoms with Crippen molar-refractivity contribution in [1.82, 2.24) is 9.46 Å². The number of anilines is 1. The van der Waals surface area contributed by atoms with E-state index in [4.69, 9.17) is 4.52 Å². The number of hydrogen-bond donors (Lipinski definition) is 1. The van der Waals surface area contributed by atoms with Crippen molar-refractivity contribution in [3.05, 3.63) is 75.7 Å². The van der Waals surface area contributed by atoms with Gasteiger partial charge in [-0.25, -0.2) is 17.2 Å². The summed E-state index contributed by atoms with van der Waals surface area (Å²) in [6.45, 7) is 7.64. The molecular weight excluding hydrogens is 500 g/mol. The number of aryl methyl sites for hydroxylation is 4. The molecule has 0 aliphatic carbocycles. The van der Waals surface area contributed by atoms with E-state index in [1.165, 1.54) is 4.31 Å². The molecule has 37 heavy (non-hydrogen) atoms. The standard InChI is InChI=1S/C27H29F2N3O4S/c1-16-12-17(2)22(18(3)13-16)8-10-25-26(19(4)31-36-25)37(34,35)32-11-5-6-20(15-32)27(33)30-24-14-21(28)7-9-23(24)29/h7-10,12-14,20H,5-6,11,15H2,1-4H3,(H,30,33)/b10-8+/t20-/m1/s1. The minimum atomic E-state index is -4.05. The Labute approximate surface area is 215 Å². The van der Waals surface area contributed by atoms with Gasteiger partial charge in [0, 0.05) is 19.2 Å². The Balaban J connectivity index is 1.57. The fourth-order valence-corrected chi connectivity index (χ4v) is 6.52. The number of aromatic nitrogens is 1. The molecule has 1 amide bonds. The minimum Gasteiger partial charge on any atom is -0.355 e. The molecule has 2 aromatic carbocycles. The van der Waals surface area contributed by atoms with Crippen molar-refractivity contribution in [3.63, 3.8) is 0 Å². The van der Waals surface area contributed by atoms with Crippen LogP contribution in [0.2, 0.25) is 0 Å². The average molecular weight is 530 g/mol. The van der Waals surface area contributed by atoms with Gasteiger partial charge in [-0.2, -0.15) is 4.31 Å². The lowest BCUT2D eigenvalue weighted by Gasteiger charge is -2.31. The fraction of sp³-hybridized carbons (Fsp3) is 0.333. The minimum absolute atomic E-state index is 0.0524. The van der Waals surface area contributed by atoms with Gasteiger partial charge >= 0.3 is 0 Å². The topological polar surface area (TPSA) is 92.5 Å². The van der Waals surface area contributed by atoms with Gasteiger partial charge < -0.3 is 9.84 Å². The van der Waals surface area contributed by atoms with Gasteiger partial charge in [0.25, 0.3) is 0 Å². The van der Waals surface area contributed by atoms with Gasteiger partial charge in [-0.05, 0) is 75.4 Å². The molecule has 0 saturated carbocycles. The van der Waals surface area contributed by atoms with E-state index in [0.717, 1.165) is 40.5 Å². The zero-order valence-corrected chi connectivity index (χ0v) is 22.0. The maximum atomic E-state index is 14.0. The Bertz CT molecular complexity index is 1460. The Morgan fingerprint density at radius 1 is 1.11 bits per heavy atom. The summed E-state index contributed by atoms with van der Waals surface area (Å²) in [4.78, 5) is 12.8. The van der Waals surface area contributed by atoms with Crippen molar-refractivity contribution in [1.29, 1.82) is 0 Å². The van der Waals surface area contributed by atoms with Gasteiger partial charge in [0.2, 0.25) is 15.9 Å². The van der Waals surface area contributed by atoms with Crippen molar-refractivity contribution in [2.75, 3.05) is 18.4 Å². The van der Waals surface area contributed by atoms with Crippen LogP contribution in [0, 0.1) is 45.2 Å². The number of amides is 1. The highest BCUT2D eigenvalue weighted by molar-refractivity contribution is 7.89. The summed E-state index contributed by atoms with van der Waals surface area (Å²) >= 11 is 0. The fourth-order valence-electron chi connectivity index (χ4n) is 4.74. The van der Waals surface area contributed by atoms with Crippen LogP contribution in [0.1, 0.15) is 46.5 Å². The molecule has 1 aliphatic rings. The maximum Gasteiger partial charge on any atom is 0.248 e. The maximum absolute atomic E-state index is 14.0. The van der Waals surface area contributed by atoms with E-state index in [1.807, 2.05) is 39.0 Å². The third-order valence-corrected chi connectivity index (χ3v) is 8.54. The highest BCUT2D eigenvalue weighted by Gasteiger charge is 2.37. The molecule has 0 spiro atoms. The summed E-state index contributed by atoms with van der Waals surface area (Å²) in [6.07, 6.45) is 4.25. The van der Waals surface area contributed by atoms with E-state index >= 15 is 0 Å². The van der Waals surface area contributed by atoms with Crippen molar-refractivity contribution < 1.29 is 26.5 Å². The molecule has 3 aromatic rings. The number of nitrogens with one attached hydrogen (secondary N) is 1. The second kappa shape index (κ2) is 10.5. The molecule has 1 atom stereocenters. The molecule has 7 nitrogen and oxygen atoms in total. The molecule has 1 N–H and O–H groups in total. The molecule has 1 aromatic heterocycles. The molecule has 196 valence electrons. The molecular formula is C27H29F2N3O4S. The first-order chi connectivity index (χ1) is 17.5. The van der Waals surface area contributed by atoms with E-state index in [0.29, 0.717) is 12.8 Å². The van der Waals surface area contributed by atoms with Crippen LogP contribution >= 0.6 is 0 Å². The third kappa shape index (κ3) is 5.65. The van der Waals surface area contributed by atoms with Crippen LogP contribution in [0.4, 0.5) is 14.5 Å². The second-order valence-electron chi connectivity index (χ2n) is 9.42. The number of sulfonamides is 1. The number of carbonyl (C=O) groups is 1. The summed E-state index contributed by atoms with van der Waals surface area (Å²) < 4.78 is 61.4. The largest absolute Gasteiger partial charge is 0.355 e. The Hall–Kier alpha value is -3.37. The predicted octanol–water partition coefficient (Wildman–Crippen LogP) is 5.40. The van der Waals surface area contributed by atoms with Crippen LogP contribution in [-0.4, -0.2) is 36.9 Å². The van der Waals surface area contributed by atoms with E-state index in [2.05, 4.69) is 10.5 Å². The summed E-state index contributed by atoms with van der Waals surface area (Å²) in [5.41, 5.74) is 4.12. The summed E-state index contributed by atoms with van der Waals surface area (Å²) in [5, 5.41) is 6.27. The number of halogens is 2. The zero-order valence-electron chi connectivity index (χ0n) is 21.1. The SMILES string of the molecule is Cc1cc(C)c(/C=C/c2onc(C)c2S(=O)(=O)N2CCC[C@@H](C(=O)Nc3cc(F)ccc3F)C2)c(C)c1. The van der Waals surface area contributed by atoms with Crippen LogP contribution in [-0.2, 0) is 14.8 Å². The Kier molecular flexibility index (Phi) is 7.61. The number of rotatable bonds is 6. The van der Waals surface area contributed by atoms with Gasteiger partial charge in [0.05, 0.1) is 11.6 Å². The molecule has 1 saturated heterocycles. The van der Waals surface area contributed by atoms with Crippen molar-refractivity contribution in [2.24, 2.45) is 5.92 Å². The van der Waals surface area contributed by atoms with Crippen LogP contribution in [0.25, 0.3) is 12.2 Å². The first kappa shape index (κ1) is 26.7. The number of nitrogens with zero attached hydrogens (tertiary/aromatic N) is 2. The van der Waals surface area contributed by atoms with Gasteiger partial charge in [-0.15, -0.1) is 0 Å². The van der Waals surface area contributed by atoms with Gasteiger partial charge in [0.1, 0.15) is 17.3 Å². The lowest BCUT2D eigenvalue weighted by molar-refractivity contribution is -0.120. The monoisotopic (exact) mass is 529 g/mol. The summed E-state index contributed by atoms with van der Waals surface area (Å²) in [7, 11) is -4.05. The highest BCUT2D eigenvalue weighted by atomic mass is 32.2. The first-order valence-electron chi connectivity index (χ1n) is 12.0. The number of piperidine rings is 1. The first-order valence-corrected chi connectivity index (χ1v) is 13.4. The van der Waals surface area contributed by atoms with E-state index in [-0.39, 0.29) is 35.1 Å². The third-order valence-electron chi connectivity index (χ3n) is 6.51. The molecule has 4 rings (SSSR count). The van der Waals surface area contributed by atoms with E-state index in [9.17, 15) is 22.0 Å². The van der Waals surface area contributed by atoms with Gasteiger partial charge in [-0.1, -0.05) is 28.9 Å². The van der Waals surface area contributed by atoms with Crippen LogP contribution in [0.5, 0.6) is 0 Å². The second-order valence-corrected chi connectivity index (χ2v) is 11.3. The van der Waals surface area contributed by atoms with Crippen LogP contribution in [0.15, 0.2) is 39.8 Å². The van der Waals surface area contributed by atoms with Crippen molar-refractivity contribution >= 4 is 33.8 Å². The average Bonchev–Trinajstić information content (AvgIpc) is 3.21. The Morgan fingerprint density at radius 3 is 2.51 bits per heavy atom. The van der Waals surface area contributed by atoms with Crippen molar-refractivity contribution in [2.45, 2.75) is 45.4 Å². The smallest absolute Gasteiger partial charge is 0.248 e. The number of benzene rings is 2. The predicted molar refractivity (Wildman–Crippen MR) is 137 cm³/mol. The van der Waals surface area contributed by atoms with Gasteiger partial charge in [-0.3, -0.25) is 4.79 Å². The lowest BCUT2D eigenvalue weighted by Crippen LogP contribution is -2.44. The van der Waals surface area contributed by atoms with Gasteiger partial charge in [0.15, 0.2) is 10.7 Å². The lowest BCUT2D eigenvalue weighted by atomic mass is 9.98. The summed E-state index contributed by atoms with van der Waals surface area (Å²) in [6, 6.07) is 6.86. The van der Waals surface area contributed by atoms with Crippen LogP contribution in [0.3, 0.4) is 0 Å². The van der Waals surface area contributed by atoms with Crippen molar-refractivity contribution in [3.8, 4) is 0 Å². The quantitative estimate of drug-likeness (QED) is 0.462. The number of hydrogen-bond acceptors (Lipinski definition) is 5. The van der Waals surface area contributed by atoms with Crippen LogP contribution < -0.4 is 5.32 Å². The molecule has 2 heterocycles. The zero-order chi connectivity index (χ0) is 26.9.